The lowest BCUT2D eigenvalue weighted by molar-refractivity contribution is 0.428. The van der Waals surface area contributed by atoms with Crippen LogP contribution in [0.4, 0.5) is 0 Å². The van der Waals surface area contributed by atoms with Crippen LogP contribution in [0.2, 0.25) is 0 Å². The first kappa shape index (κ1) is 13.9. The van der Waals surface area contributed by atoms with E-state index in [2.05, 4.69) is 29.1 Å². The smallest absolute Gasteiger partial charge is 0.255 e. The molecule has 1 unspecified atom stereocenters. The lowest BCUT2D eigenvalue weighted by Crippen LogP contribution is -2.34. The Morgan fingerprint density at radius 3 is 2.35 bits per heavy atom. The predicted molar refractivity (Wildman–Crippen MR) is 70.3 cm³/mol. The first-order chi connectivity index (χ1) is 7.99. The van der Waals surface area contributed by atoms with Crippen LogP contribution in [0.3, 0.4) is 0 Å². The van der Waals surface area contributed by atoms with Crippen LogP contribution < -0.4 is 10.9 Å². The molecular formula is C13H23N3O. The molecule has 17 heavy (non-hydrogen) atoms. The second kappa shape index (κ2) is 5.96. The number of aryl methyl sites for hydroxylation is 2. The number of H-pyrrole nitrogens is 1. The zero-order valence-electron chi connectivity index (χ0n) is 11.4. The normalized spacial score (nSPS) is 13.1. The number of nitrogens with one attached hydrogen (secondary N) is 2. The maximum atomic E-state index is 11.9. The van der Waals surface area contributed by atoms with Gasteiger partial charge in [0.1, 0.15) is 5.82 Å². The van der Waals surface area contributed by atoms with Gasteiger partial charge < -0.3 is 10.3 Å². The SMILES string of the molecule is CCC(CC)NC(C)c1c(C)nc(C)[nH]c1=O. The molecule has 4 nitrogen and oxygen atoms in total. The van der Waals surface area contributed by atoms with Crippen LogP contribution in [-0.2, 0) is 0 Å². The van der Waals surface area contributed by atoms with Crippen LogP contribution in [0.5, 0.6) is 0 Å². The Morgan fingerprint density at radius 1 is 1.29 bits per heavy atom. The van der Waals surface area contributed by atoms with Gasteiger partial charge in [-0.15, -0.1) is 0 Å². The van der Waals surface area contributed by atoms with Gasteiger partial charge >= 0.3 is 0 Å². The first-order valence-electron chi connectivity index (χ1n) is 6.33. The minimum Gasteiger partial charge on any atom is -0.310 e. The lowest BCUT2D eigenvalue weighted by atomic mass is 10.1. The fourth-order valence-corrected chi connectivity index (χ4v) is 2.21. The van der Waals surface area contributed by atoms with Crippen molar-refractivity contribution in [2.24, 2.45) is 0 Å². The minimum atomic E-state index is -0.0269. The molecule has 0 saturated carbocycles. The summed E-state index contributed by atoms with van der Waals surface area (Å²) in [5, 5.41) is 3.47. The summed E-state index contributed by atoms with van der Waals surface area (Å²) in [4.78, 5) is 19.0. The van der Waals surface area contributed by atoms with Crippen molar-refractivity contribution in [3.8, 4) is 0 Å². The highest BCUT2D eigenvalue weighted by atomic mass is 16.1. The molecule has 1 heterocycles. The number of rotatable bonds is 5. The number of hydrogen-bond acceptors (Lipinski definition) is 3. The molecule has 0 aliphatic heterocycles. The van der Waals surface area contributed by atoms with Crippen molar-refractivity contribution in [2.45, 2.75) is 59.5 Å². The Kier molecular flexibility index (Phi) is 4.87. The van der Waals surface area contributed by atoms with Gasteiger partial charge in [-0.1, -0.05) is 13.8 Å². The molecule has 96 valence electrons. The molecule has 1 rings (SSSR count). The molecule has 0 spiro atoms. The number of nitrogens with zero attached hydrogens (tertiary/aromatic N) is 1. The summed E-state index contributed by atoms with van der Waals surface area (Å²) in [5.41, 5.74) is 1.54. The third-order valence-electron chi connectivity index (χ3n) is 3.17. The van der Waals surface area contributed by atoms with E-state index in [0.717, 1.165) is 24.1 Å². The molecule has 0 aromatic carbocycles. The molecule has 1 aromatic heterocycles. The van der Waals surface area contributed by atoms with Gasteiger partial charge in [0.15, 0.2) is 0 Å². The molecule has 0 saturated heterocycles. The summed E-state index contributed by atoms with van der Waals surface area (Å²) in [6.07, 6.45) is 2.13. The van der Waals surface area contributed by atoms with E-state index in [4.69, 9.17) is 0 Å². The van der Waals surface area contributed by atoms with Crippen LogP contribution in [0.15, 0.2) is 4.79 Å². The van der Waals surface area contributed by atoms with Gasteiger partial charge in [0.25, 0.3) is 5.56 Å². The minimum absolute atomic E-state index is 0.0269. The lowest BCUT2D eigenvalue weighted by Gasteiger charge is -2.21. The molecule has 0 aliphatic carbocycles. The van der Waals surface area contributed by atoms with Gasteiger partial charge in [0.05, 0.1) is 5.56 Å². The highest BCUT2D eigenvalue weighted by Gasteiger charge is 2.16. The summed E-state index contributed by atoms with van der Waals surface area (Å²) in [5.74, 6) is 0.672. The standard InChI is InChI=1S/C13H23N3O/c1-6-11(7-2)15-9(4)12-8(3)14-10(5)16-13(12)17/h9,11,15H,6-7H2,1-5H3,(H,14,16,17). The summed E-state index contributed by atoms with van der Waals surface area (Å²) >= 11 is 0. The zero-order chi connectivity index (χ0) is 13.0. The molecule has 1 aromatic rings. The van der Waals surface area contributed by atoms with Gasteiger partial charge in [-0.2, -0.15) is 0 Å². The fraction of sp³-hybridized carbons (Fsp3) is 0.692. The van der Waals surface area contributed by atoms with E-state index in [0.29, 0.717) is 11.9 Å². The fourth-order valence-electron chi connectivity index (χ4n) is 2.21. The predicted octanol–water partition coefficient (Wildman–Crippen LogP) is 2.23. The van der Waals surface area contributed by atoms with Crippen molar-refractivity contribution in [1.29, 1.82) is 0 Å². The van der Waals surface area contributed by atoms with Crippen LogP contribution in [-0.4, -0.2) is 16.0 Å². The first-order valence-corrected chi connectivity index (χ1v) is 6.33. The molecule has 4 heteroatoms. The third-order valence-corrected chi connectivity index (χ3v) is 3.17. The van der Waals surface area contributed by atoms with Crippen molar-refractivity contribution in [1.82, 2.24) is 15.3 Å². The number of hydrogen-bond donors (Lipinski definition) is 2. The van der Waals surface area contributed by atoms with Gasteiger partial charge in [0.2, 0.25) is 0 Å². The highest BCUT2D eigenvalue weighted by Crippen LogP contribution is 2.13. The van der Waals surface area contributed by atoms with Crippen LogP contribution >= 0.6 is 0 Å². The van der Waals surface area contributed by atoms with E-state index in [9.17, 15) is 4.79 Å². The van der Waals surface area contributed by atoms with Crippen molar-refractivity contribution < 1.29 is 0 Å². The highest BCUT2D eigenvalue weighted by molar-refractivity contribution is 5.20. The monoisotopic (exact) mass is 237 g/mol. The number of aromatic nitrogens is 2. The van der Waals surface area contributed by atoms with E-state index in [1.54, 1.807) is 6.92 Å². The molecule has 1 atom stereocenters. The zero-order valence-corrected chi connectivity index (χ0v) is 11.4. The molecule has 0 bridgehead atoms. The molecule has 0 amide bonds. The van der Waals surface area contributed by atoms with E-state index >= 15 is 0 Å². The molecule has 0 aliphatic rings. The van der Waals surface area contributed by atoms with Crippen LogP contribution in [0, 0.1) is 13.8 Å². The van der Waals surface area contributed by atoms with Crippen molar-refractivity contribution in [3.63, 3.8) is 0 Å². The Morgan fingerprint density at radius 2 is 1.88 bits per heavy atom. The Labute approximate surface area is 103 Å². The summed E-state index contributed by atoms with van der Waals surface area (Å²) in [6.45, 7) is 10.0. The Hall–Kier alpha value is -1.16. The van der Waals surface area contributed by atoms with Gasteiger partial charge in [0, 0.05) is 17.8 Å². The van der Waals surface area contributed by atoms with E-state index in [1.165, 1.54) is 0 Å². The molecule has 2 N–H and O–H groups in total. The largest absolute Gasteiger partial charge is 0.310 e. The summed E-state index contributed by atoms with van der Waals surface area (Å²) in [6, 6.07) is 0.488. The quantitative estimate of drug-likeness (QED) is 0.825. The Balaban J connectivity index is 2.96. The van der Waals surface area contributed by atoms with Crippen molar-refractivity contribution in [3.05, 3.63) is 27.4 Å². The Bertz CT molecular complexity index is 421. The molecule has 0 radical (unpaired) electrons. The maximum absolute atomic E-state index is 11.9. The average Bonchev–Trinajstić information content (AvgIpc) is 2.24. The van der Waals surface area contributed by atoms with Crippen molar-refractivity contribution >= 4 is 0 Å². The second-order valence-electron chi connectivity index (χ2n) is 4.55. The average molecular weight is 237 g/mol. The van der Waals surface area contributed by atoms with E-state index in [1.807, 2.05) is 13.8 Å². The second-order valence-corrected chi connectivity index (χ2v) is 4.55. The van der Waals surface area contributed by atoms with Crippen molar-refractivity contribution in [2.75, 3.05) is 0 Å². The van der Waals surface area contributed by atoms with E-state index in [-0.39, 0.29) is 11.6 Å². The number of aromatic amines is 1. The van der Waals surface area contributed by atoms with E-state index < -0.39 is 0 Å². The molecular weight excluding hydrogens is 214 g/mol. The summed E-state index contributed by atoms with van der Waals surface area (Å²) in [7, 11) is 0. The van der Waals surface area contributed by atoms with Crippen LogP contribution in [0.25, 0.3) is 0 Å². The maximum Gasteiger partial charge on any atom is 0.255 e. The summed E-state index contributed by atoms with van der Waals surface area (Å²) < 4.78 is 0. The van der Waals surface area contributed by atoms with Gasteiger partial charge in [-0.25, -0.2) is 4.98 Å². The molecule has 0 fully saturated rings. The van der Waals surface area contributed by atoms with Gasteiger partial charge in [-0.3, -0.25) is 4.79 Å². The third kappa shape index (κ3) is 3.40. The van der Waals surface area contributed by atoms with Crippen LogP contribution in [0.1, 0.15) is 56.7 Å². The topological polar surface area (TPSA) is 57.8 Å². The van der Waals surface area contributed by atoms with Gasteiger partial charge in [-0.05, 0) is 33.6 Å².